The minimum atomic E-state index is 0.133. The van der Waals surface area contributed by atoms with Gasteiger partial charge in [-0.25, -0.2) is 19.9 Å². The van der Waals surface area contributed by atoms with Crippen LogP contribution in [0.25, 0.3) is 33.1 Å². The molecule has 3 heterocycles. The number of hydrogen-bond acceptors (Lipinski definition) is 6. The lowest BCUT2D eigenvalue weighted by molar-refractivity contribution is 0.287. The molecule has 0 amide bonds. The highest BCUT2D eigenvalue weighted by atomic mass is 16.2. The topological polar surface area (TPSA) is 114 Å². The number of aromatic amines is 1. The van der Waals surface area contributed by atoms with Crippen LogP contribution in [0.5, 0.6) is 0 Å². The molecule has 4 N–H and O–H groups in total. The number of nitrogens with one attached hydrogen (secondary N) is 1. The van der Waals surface area contributed by atoms with Crippen LogP contribution >= 0.6 is 0 Å². The number of aromatic nitrogens is 5. The number of nitrogens with zero attached hydrogens (tertiary/aromatic N) is 4. The predicted molar refractivity (Wildman–Crippen MR) is 92.2 cm³/mol. The molecule has 3 aromatic heterocycles. The normalized spacial score (nSPS) is 11.4. The number of aliphatic hydroxyl groups excluding tert-OH is 1. The van der Waals surface area contributed by atoms with Crippen molar-refractivity contribution in [2.75, 3.05) is 12.3 Å². The van der Waals surface area contributed by atoms with Gasteiger partial charge in [0.1, 0.15) is 29.0 Å². The van der Waals surface area contributed by atoms with E-state index in [0.29, 0.717) is 18.7 Å². The number of H-pyrrole nitrogens is 1. The maximum Gasteiger partial charge on any atom is 0.150 e. The van der Waals surface area contributed by atoms with E-state index in [1.54, 1.807) is 12.4 Å². The van der Waals surface area contributed by atoms with Crippen molar-refractivity contribution in [3.05, 3.63) is 42.7 Å². The van der Waals surface area contributed by atoms with Crippen molar-refractivity contribution in [3.8, 4) is 11.1 Å². The number of nitrogens with two attached hydrogens (primary N) is 1. The van der Waals surface area contributed by atoms with E-state index in [1.165, 1.54) is 6.33 Å². The minimum Gasteiger partial charge on any atom is -0.396 e. The number of pyridine rings is 1. The second kappa shape index (κ2) is 5.86. The Morgan fingerprint density at radius 1 is 1.08 bits per heavy atom. The van der Waals surface area contributed by atoms with Gasteiger partial charge in [-0.15, -0.1) is 0 Å². The molecule has 120 valence electrons. The summed E-state index contributed by atoms with van der Waals surface area (Å²) >= 11 is 0. The van der Waals surface area contributed by atoms with Crippen molar-refractivity contribution in [2.24, 2.45) is 0 Å². The summed E-state index contributed by atoms with van der Waals surface area (Å²) in [7, 11) is 0. The van der Waals surface area contributed by atoms with Crippen LogP contribution in [-0.2, 0) is 6.42 Å². The minimum absolute atomic E-state index is 0.133. The maximum atomic E-state index is 8.98. The third-order valence-corrected chi connectivity index (χ3v) is 3.97. The van der Waals surface area contributed by atoms with Crippen molar-refractivity contribution in [1.82, 2.24) is 24.9 Å². The highest BCUT2D eigenvalue weighted by Crippen LogP contribution is 2.29. The first-order valence-electron chi connectivity index (χ1n) is 7.70. The number of hydrogen-bond donors (Lipinski definition) is 3. The highest BCUT2D eigenvalue weighted by molar-refractivity contribution is 6.07. The lowest BCUT2D eigenvalue weighted by Crippen LogP contribution is -1.94. The van der Waals surface area contributed by atoms with Crippen LogP contribution in [0.4, 0.5) is 5.82 Å². The van der Waals surface area contributed by atoms with Gasteiger partial charge in [-0.3, -0.25) is 0 Å². The van der Waals surface area contributed by atoms with E-state index in [1.807, 2.05) is 18.2 Å². The zero-order chi connectivity index (χ0) is 16.5. The number of fused-ring (bicyclic) bond motifs is 3. The van der Waals surface area contributed by atoms with Gasteiger partial charge in [0, 0.05) is 36.4 Å². The van der Waals surface area contributed by atoms with Gasteiger partial charge in [0.05, 0.1) is 5.52 Å². The first-order valence-corrected chi connectivity index (χ1v) is 7.70. The van der Waals surface area contributed by atoms with Crippen LogP contribution in [0.15, 0.2) is 36.9 Å². The first-order chi connectivity index (χ1) is 11.8. The van der Waals surface area contributed by atoms with Crippen molar-refractivity contribution in [3.63, 3.8) is 0 Å². The zero-order valence-corrected chi connectivity index (χ0v) is 12.9. The fraction of sp³-hybridized carbons (Fsp3) is 0.176. The second-order valence-electron chi connectivity index (χ2n) is 5.59. The van der Waals surface area contributed by atoms with Gasteiger partial charge in [-0.05, 0) is 24.1 Å². The van der Waals surface area contributed by atoms with Crippen molar-refractivity contribution in [1.29, 1.82) is 0 Å². The smallest absolute Gasteiger partial charge is 0.150 e. The van der Waals surface area contributed by atoms with Crippen molar-refractivity contribution >= 4 is 27.8 Å². The van der Waals surface area contributed by atoms with Gasteiger partial charge >= 0.3 is 0 Å². The monoisotopic (exact) mass is 320 g/mol. The van der Waals surface area contributed by atoms with Gasteiger partial charge in [0.15, 0.2) is 0 Å². The van der Waals surface area contributed by atoms with Crippen LogP contribution in [0.3, 0.4) is 0 Å². The molecule has 0 radical (unpaired) electrons. The van der Waals surface area contributed by atoms with Gasteiger partial charge in [-0.1, -0.05) is 6.07 Å². The van der Waals surface area contributed by atoms with Crippen LogP contribution in [-0.4, -0.2) is 36.6 Å². The second-order valence-corrected chi connectivity index (χ2v) is 5.59. The summed E-state index contributed by atoms with van der Waals surface area (Å²) in [5.41, 5.74) is 10.3. The fourth-order valence-corrected chi connectivity index (χ4v) is 2.81. The van der Waals surface area contributed by atoms with E-state index < -0.39 is 0 Å². The molecule has 0 fully saturated rings. The average molecular weight is 320 g/mol. The summed E-state index contributed by atoms with van der Waals surface area (Å²) < 4.78 is 0. The maximum absolute atomic E-state index is 8.98. The van der Waals surface area contributed by atoms with E-state index in [9.17, 15) is 0 Å². The third kappa shape index (κ3) is 2.44. The number of rotatable bonds is 4. The fourth-order valence-electron chi connectivity index (χ4n) is 2.81. The van der Waals surface area contributed by atoms with Crippen molar-refractivity contribution in [2.45, 2.75) is 12.8 Å². The van der Waals surface area contributed by atoms with Crippen LogP contribution in [0, 0.1) is 0 Å². The Morgan fingerprint density at radius 3 is 2.71 bits per heavy atom. The summed E-state index contributed by atoms with van der Waals surface area (Å²) in [4.78, 5) is 20.4. The predicted octanol–water partition coefficient (Wildman–Crippen LogP) is 2.08. The summed E-state index contributed by atoms with van der Waals surface area (Å²) in [6.07, 6.45) is 6.35. The summed E-state index contributed by atoms with van der Waals surface area (Å²) in [6, 6.07) is 5.95. The molecule has 0 saturated heterocycles. The number of anilines is 1. The number of aryl methyl sites for hydroxylation is 1. The average Bonchev–Trinajstić information content (AvgIpc) is 3.05. The molecule has 0 aliphatic rings. The molecule has 0 spiro atoms. The van der Waals surface area contributed by atoms with Crippen LogP contribution in [0.2, 0.25) is 0 Å². The molecular weight excluding hydrogens is 304 g/mol. The molecular formula is C17H16N6O. The molecule has 4 rings (SSSR count). The molecule has 4 aromatic rings. The molecule has 1 aromatic carbocycles. The largest absolute Gasteiger partial charge is 0.396 e. The van der Waals surface area contributed by atoms with Crippen molar-refractivity contribution < 1.29 is 5.11 Å². The number of nitrogen functional groups attached to an aromatic ring is 1. The lowest BCUT2D eigenvalue weighted by atomic mass is 10.1. The SMILES string of the molecule is Nc1nc2cc(-c3cncnc3)ccc2c2nc(CCCO)[nH]c12. The van der Waals surface area contributed by atoms with E-state index in [4.69, 9.17) is 10.8 Å². The van der Waals surface area contributed by atoms with E-state index in [0.717, 1.165) is 38.9 Å². The summed E-state index contributed by atoms with van der Waals surface area (Å²) in [5.74, 6) is 1.22. The Morgan fingerprint density at radius 2 is 1.92 bits per heavy atom. The Balaban J connectivity index is 1.88. The van der Waals surface area contributed by atoms with Gasteiger partial charge in [0.25, 0.3) is 0 Å². The van der Waals surface area contributed by atoms with Gasteiger partial charge in [-0.2, -0.15) is 0 Å². The zero-order valence-electron chi connectivity index (χ0n) is 12.9. The van der Waals surface area contributed by atoms with E-state index >= 15 is 0 Å². The number of imidazole rings is 1. The van der Waals surface area contributed by atoms with Crippen LogP contribution < -0.4 is 5.73 Å². The summed E-state index contributed by atoms with van der Waals surface area (Å²) in [6.45, 7) is 0.133. The molecule has 0 unspecified atom stereocenters. The highest BCUT2D eigenvalue weighted by Gasteiger charge is 2.12. The quantitative estimate of drug-likeness (QED) is 0.530. The molecule has 7 heteroatoms. The molecule has 0 atom stereocenters. The molecule has 0 bridgehead atoms. The Bertz CT molecular complexity index is 1010. The van der Waals surface area contributed by atoms with E-state index in [2.05, 4.69) is 24.9 Å². The number of benzene rings is 1. The Hall–Kier alpha value is -3.06. The number of aliphatic hydroxyl groups is 1. The first kappa shape index (κ1) is 14.5. The van der Waals surface area contributed by atoms with Gasteiger partial charge < -0.3 is 15.8 Å². The third-order valence-electron chi connectivity index (χ3n) is 3.97. The molecule has 7 nitrogen and oxygen atoms in total. The van der Waals surface area contributed by atoms with E-state index in [-0.39, 0.29) is 6.61 Å². The summed E-state index contributed by atoms with van der Waals surface area (Å²) in [5, 5.41) is 9.92. The standard InChI is InChI=1S/C17H16N6O/c18-17-16-15(22-14(23-16)2-1-5-24)12-4-3-10(6-13(12)21-17)11-7-19-9-20-8-11/h3-4,6-9,24H,1-2,5H2,(H2,18,21)(H,22,23). The molecule has 0 aliphatic carbocycles. The van der Waals surface area contributed by atoms with Crippen LogP contribution in [0.1, 0.15) is 12.2 Å². The Labute approximate surface area is 137 Å². The molecule has 0 aliphatic heterocycles. The molecule has 0 saturated carbocycles. The molecule has 24 heavy (non-hydrogen) atoms. The Kier molecular flexibility index (Phi) is 3.55. The van der Waals surface area contributed by atoms with Gasteiger partial charge in [0.2, 0.25) is 0 Å². The lowest BCUT2D eigenvalue weighted by Gasteiger charge is -2.05.